The molecule has 0 bridgehead atoms. The number of H-pyrrole nitrogens is 1. The number of ether oxygens (including phenoxy) is 1. The third kappa shape index (κ3) is 3.31. The largest absolute Gasteiger partial charge is 0.466 e. The Bertz CT molecular complexity index is 263. The minimum absolute atomic E-state index is 0.222. The number of methoxy groups -OCH3 is 1. The first-order valence-electron chi connectivity index (χ1n) is 4.21. The monoisotopic (exact) mass is 184 g/mol. The van der Waals surface area contributed by atoms with E-state index >= 15 is 0 Å². The number of aromatic nitrogens is 3. The van der Waals surface area contributed by atoms with Gasteiger partial charge in [-0.25, -0.2) is 5.10 Å². The molecule has 74 valence electrons. The van der Waals surface area contributed by atoms with Crippen LogP contribution in [0, 0.1) is 5.41 Å². The standard InChI is InChI=1S/C8H16N4O/c1-8(2,3)5-9-6-10-7(13-4)12-11-6/h5H2,1-4H3,(H2,9,10,11,12). The van der Waals surface area contributed by atoms with Gasteiger partial charge in [-0.1, -0.05) is 20.8 Å². The van der Waals surface area contributed by atoms with E-state index in [-0.39, 0.29) is 5.41 Å². The van der Waals surface area contributed by atoms with Crippen molar-refractivity contribution in [3.05, 3.63) is 0 Å². The van der Waals surface area contributed by atoms with E-state index in [1.807, 2.05) is 0 Å². The fourth-order valence-corrected chi connectivity index (χ4v) is 0.766. The number of aromatic amines is 1. The molecule has 0 unspecified atom stereocenters. The molecule has 1 heterocycles. The fraction of sp³-hybridized carbons (Fsp3) is 0.750. The highest BCUT2D eigenvalue weighted by Gasteiger charge is 2.10. The van der Waals surface area contributed by atoms with Crippen molar-refractivity contribution in [3.63, 3.8) is 0 Å². The summed E-state index contributed by atoms with van der Waals surface area (Å²) in [7, 11) is 1.54. The Labute approximate surface area is 77.9 Å². The zero-order valence-corrected chi connectivity index (χ0v) is 8.51. The van der Waals surface area contributed by atoms with Crippen LogP contribution in [0.5, 0.6) is 6.01 Å². The quantitative estimate of drug-likeness (QED) is 0.742. The molecule has 0 aromatic carbocycles. The van der Waals surface area contributed by atoms with Crippen molar-refractivity contribution in [2.75, 3.05) is 19.0 Å². The smallest absolute Gasteiger partial charge is 0.336 e. The molecule has 0 spiro atoms. The minimum Gasteiger partial charge on any atom is -0.466 e. The Morgan fingerprint density at radius 3 is 2.62 bits per heavy atom. The SMILES string of the molecule is COc1n[nH]c(NCC(C)(C)C)n1. The first-order valence-corrected chi connectivity index (χ1v) is 4.21. The lowest BCUT2D eigenvalue weighted by molar-refractivity contribution is 0.382. The fourth-order valence-electron chi connectivity index (χ4n) is 0.766. The summed E-state index contributed by atoms with van der Waals surface area (Å²) < 4.78 is 4.83. The summed E-state index contributed by atoms with van der Waals surface area (Å²) in [5.74, 6) is 0.645. The van der Waals surface area contributed by atoms with Crippen LogP contribution >= 0.6 is 0 Å². The van der Waals surface area contributed by atoms with Gasteiger partial charge in [0.2, 0.25) is 5.95 Å². The Balaban J connectivity index is 2.46. The normalized spacial score (nSPS) is 11.4. The number of hydrogen-bond donors (Lipinski definition) is 2. The summed E-state index contributed by atoms with van der Waals surface area (Å²) in [6.07, 6.45) is 0. The van der Waals surface area contributed by atoms with Gasteiger partial charge < -0.3 is 10.1 Å². The van der Waals surface area contributed by atoms with E-state index in [1.165, 1.54) is 7.11 Å². The first kappa shape index (κ1) is 9.83. The average Bonchev–Trinajstić information content (AvgIpc) is 2.47. The Kier molecular flexibility index (Phi) is 2.75. The molecule has 13 heavy (non-hydrogen) atoms. The van der Waals surface area contributed by atoms with E-state index in [9.17, 15) is 0 Å². The molecule has 0 aliphatic carbocycles. The van der Waals surface area contributed by atoms with Crippen LogP contribution in [-0.4, -0.2) is 28.8 Å². The van der Waals surface area contributed by atoms with E-state index in [4.69, 9.17) is 4.74 Å². The minimum atomic E-state index is 0.222. The van der Waals surface area contributed by atoms with E-state index < -0.39 is 0 Å². The van der Waals surface area contributed by atoms with Gasteiger partial charge in [-0.3, -0.25) is 0 Å². The topological polar surface area (TPSA) is 62.8 Å². The van der Waals surface area contributed by atoms with Gasteiger partial charge in [0.1, 0.15) is 0 Å². The molecule has 2 N–H and O–H groups in total. The highest BCUT2D eigenvalue weighted by molar-refractivity contribution is 5.24. The molecule has 0 radical (unpaired) electrons. The molecule has 1 rings (SSSR count). The second kappa shape index (κ2) is 3.64. The van der Waals surface area contributed by atoms with Crippen LogP contribution in [0.3, 0.4) is 0 Å². The van der Waals surface area contributed by atoms with E-state index in [1.54, 1.807) is 0 Å². The molecule has 0 saturated carbocycles. The van der Waals surface area contributed by atoms with E-state index in [0.29, 0.717) is 12.0 Å². The van der Waals surface area contributed by atoms with E-state index in [0.717, 1.165) is 6.54 Å². The molecule has 5 heteroatoms. The molecule has 0 aliphatic heterocycles. The molecule has 0 fully saturated rings. The molecule has 1 aromatic heterocycles. The van der Waals surface area contributed by atoms with Gasteiger partial charge in [0.25, 0.3) is 0 Å². The van der Waals surface area contributed by atoms with Gasteiger partial charge in [-0.2, -0.15) is 4.98 Å². The maximum atomic E-state index is 4.83. The second-order valence-corrected chi connectivity index (χ2v) is 4.08. The second-order valence-electron chi connectivity index (χ2n) is 4.08. The molecular formula is C8H16N4O. The number of nitrogens with one attached hydrogen (secondary N) is 2. The summed E-state index contributed by atoms with van der Waals surface area (Å²) in [6.45, 7) is 7.28. The molecule has 0 saturated heterocycles. The lowest BCUT2D eigenvalue weighted by atomic mass is 9.97. The predicted molar refractivity (Wildman–Crippen MR) is 50.9 cm³/mol. The average molecular weight is 184 g/mol. The number of hydrogen-bond acceptors (Lipinski definition) is 4. The summed E-state index contributed by atoms with van der Waals surface area (Å²) in [5.41, 5.74) is 0.222. The Hall–Kier alpha value is -1.26. The summed E-state index contributed by atoms with van der Waals surface area (Å²) >= 11 is 0. The lowest BCUT2D eigenvalue weighted by Gasteiger charge is -2.17. The van der Waals surface area contributed by atoms with E-state index in [2.05, 4.69) is 41.3 Å². The number of rotatable bonds is 3. The van der Waals surface area contributed by atoms with Gasteiger partial charge in [-0.15, -0.1) is 5.10 Å². The highest BCUT2D eigenvalue weighted by Crippen LogP contribution is 2.13. The van der Waals surface area contributed by atoms with Crippen molar-refractivity contribution in [2.24, 2.45) is 5.41 Å². The zero-order chi connectivity index (χ0) is 9.90. The van der Waals surface area contributed by atoms with Crippen molar-refractivity contribution in [2.45, 2.75) is 20.8 Å². The Morgan fingerprint density at radius 1 is 1.46 bits per heavy atom. The third-order valence-corrected chi connectivity index (χ3v) is 1.43. The van der Waals surface area contributed by atoms with Crippen molar-refractivity contribution in [1.29, 1.82) is 0 Å². The van der Waals surface area contributed by atoms with Crippen molar-refractivity contribution in [3.8, 4) is 6.01 Å². The van der Waals surface area contributed by atoms with Crippen molar-refractivity contribution < 1.29 is 4.74 Å². The molecule has 0 atom stereocenters. The lowest BCUT2D eigenvalue weighted by Crippen LogP contribution is -2.19. The van der Waals surface area contributed by atoms with Gasteiger partial charge in [-0.05, 0) is 5.41 Å². The van der Waals surface area contributed by atoms with Gasteiger partial charge in [0, 0.05) is 6.54 Å². The van der Waals surface area contributed by atoms with Crippen molar-refractivity contribution >= 4 is 5.95 Å². The number of nitrogens with zero attached hydrogens (tertiary/aromatic N) is 2. The number of anilines is 1. The van der Waals surface area contributed by atoms with Crippen LogP contribution in [0.15, 0.2) is 0 Å². The first-order chi connectivity index (χ1) is 6.01. The molecule has 5 nitrogen and oxygen atoms in total. The van der Waals surface area contributed by atoms with Crippen LogP contribution in [-0.2, 0) is 0 Å². The van der Waals surface area contributed by atoms with Gasteiger partial charge in [0.05, 0.1) is 7.11 Å². The van der Waals surface area contributed by atoms with Crippen LogP contribution in [0.4, 0.5) is 5.95 Å². The van der Waals surface area contributed by atoms with Crippen molar-refractivity contribution in [1.82, 2.24) is 15.2 Å². The van der Waals surface area contributed by atoms with Gasteiger partial charge in [0.15, 0.2) is 0 Å². The summed E-state index contributed by atoms with van der Waals surface area (Å²) in [4.78, 5) is 4.03. The van der Waals surface area contributed by atoms with Crippen LogP contribution in [0.1, 0.15) is 20.8 Å². The molecule has 0 amide bonds. The van der Waals surface area contributed by atoms with Crippen LogP contribution in [0.2, 0.25) is 0 Å². The van der Waals surface area contributed by atoms with Gasteiger partial charge >= 0.3 is 6.01 Å². The Morgan fingerprint density at radius 2 is 2.15 bits per heavy atom. The molecule has 1 aromatic rings. The summed E-state index contributed by atoms with van der Waals surface area (Å²) in [5, 5.41) is 9.68. The maximum absolute atomic E-state index is 4.83. The third-order valence-electron chi connectivity index (χ3n) is 1.43. The zero-order valence-electron chi connectivity index (χ0n) is 8.51. The molecular weight excluding hydrogens is 168 g/mol. The highest BCUT2D eigenvalue weighted by atomic mass is 16.5. The maximum Gasteiger partial charge on any atom is 0.336 e. The molecule has 0 aliphatic rings. The van der Waals surface area contributed by atoms with Crippen LogP contribution < -0.4 is 10.1 Å². The van der Waals surface area contributed by atoms with Crippen LogP contribution in [0.25, 0.3) is 0 Å². The predicted octanol–water partition coefficient (Wildman–Crippen LogP) is 1.27. The summed E-state index contributed by atoms with van der Waals surface area (Å²) in [6, 6.07) is 0.358.